The molecule has 1 rings (SSSR count). The van der Waals surface area contributed by atoms with Crippen LogP contribution in [-0.4, -0.2) is 36.9 Å². The number of carbonyl (C=O) groups excluding carboxylic acids is 1. The van der Waals surface area contributed by atoms with Crippen molar-refractivity contribution in [2.75, 3.05) is 19.7 Å². The lowest BCUT2D eigenvalue weighted by atomic mass is 9.81. The highest BCUT2D eigenvalue weighted by Gasteiger charge is 2.21. The Morgan fingerprint density at radius 2 is 1.64 bits per heavy atom. The van der Waals surface area contributed by atoms with Crippen molar-refractivity contribution in [1.29, 1.82) is 0 Å². The van der Waals surface area contributed by atoms with Crippen molar-refractivity contribution in [3.63, 3.8) is 0 Å². The smallest absolute Gasteiger partial charge is 0.407 e. The summed E-state index contributed by atoms with van der Waals surface area (Å²) in [4.78, 5) is 22.1. The standard InChI is InChI=1S/C19H36N2O4/c20-14-16-9-8-10-17(13-16)15-21-19(24)25-12-7-5-3-1-2-4-6-11-18(22)23/h16-17H,1-15,20H2,(H,21,24)(H,22,23). The van der Waals surface area contributed by atoms with Gasteiger partial charge in [-0.1, -0.05) is 38.5 Å². The average molecular weight is 357 g/mol. The first-order chi connectivity index (χ1) is 12.1. The molecule has 6 heteroatoms. The van der Waals surface area contributed by atoms with Gasteiger partial charge in [-0.15, -0.1) is 0 Å². The number of hydrogen-bond donors (Lipinski definition) is 3. The molecule has 2 atom stereocenters. The van der Waals surface area contributed by atoms with E-state index in [1.807, 2.05) is 0 Å². The minimum absolute atomic E-state index is 0.274. The summed E-state index contributed by atoms with van der Waals surface area (Å²) < 4.78 is 5.22. The lowest BCUT2D eigenvalue weighted by Gasteiger charge is -2.28. The van der Waals surface area contributed by atoms with Crippen LogP contribution in [0.15, 0.2) is 0 Å². The Balaban J connectivity index is 1.88. The first-order valence-electron chi connectivity index (χ1n) is 9.94. The Kier molecular flexibility index (Phi) is 12.1. The van der Waals surface area contributed by atoms with E-state index in [0.29, 0.717) is 25.0 Å². The van der Waals surface area contributed by atoms with Gasteiger partial charge in [-0.05, 0) is 50.5 Å². The molecule has 25 heavy (non-hydrogen) atoms. The number of carboxylic acid groups (broad SMARTS) is 1. The molecule has 6 nitrogen and oxygen atoms in total. The minimum atomic E-state index is -0.710. The van der Waals surface area contributed by atoms with Crippen LogP contribution in [0.25, 0.3) is 0 Å². The first kappa shape index (κ1) is 21.7. The normalized spacial score (nSPS) is 20.2. The van der Waals surface area contributed by atoms with E-state index < -0.39 is 5.97 Å². The van der Waals surface area contributed by atoms with Crippen LogP contribution in [0.3, 0.4) is 0 Å². The van der Waals surface area contributed by atoms with Crippen LogP contribution in [0.4, 0.5) is 4.79 Å². The van der Waals surface area contributed by atoms with E-state index in [9.17, 15) is 9.59 Å². The highest BCUT2D eigenvalue weighted by molar-refractivity contribution is 5.67. The van der Waals surface area contributed by atoms with Gasteiger partial charge in [0.2, 0.25) is 0 Å². The summed E-state index contributed by atoms with van der Waals surface area (Å²) in [5, 5.41) is 11.4. The molecule has 2 unspecified atom stereocenters. The molecule has 0 radical (unpaired) electrons. The topological polar surface area (TPSA) is 102 Å². The number of nitrogens with one attached hydrogen (secondary N) is 1. The van der Waals surface area contributed by atoms with Gasteiger partial charge in [-0.2, -0.15) is 0 Å². The zero-order chi connectivity index (χ0) is 18.3. The van der Waals surface area contributed by atoms with Gasteiger partial charge >= 0.3 is 12.1 Å². The predicted molar refractivity (Wildman–Crippen MR) is 98.4 cm³/mol. The zero-order valence-corrected chi connectivity index (χ0v) is 15.5. The maximum absolute atomic E-state index is 11.7. The molecule has 1 saturated carbocycles. The quantitative estimate of drug-likeness (QED) is 0.437. The number of alkyl carbamates (subject to hydrolysis) is 1. The second-order valence-corrected chi connectivity index (χ2v) is 7.27. The molecule has 1 fully saturated rings. The number of rotatable bonds is 13. The van der Waals surface area contributed by atoms with Gasteiger partial charge in [0.15, 0.2) is 0 Å². The van der Waals surface area contributed by atoms with Crippen molar-refractivity contribution >= 4 is 12.1 Å². The number of unbranched alkanes of at least 4 members (excludes halogenated alkanes) is 6. The molecule has 1 aliphatic rings. The molecule has 0 saturated heterocycles. The second-order valence-electron chi connectivity index (χ2n) is 7.27. The highest BCUT2D eigenvalue weighted by atomic mass is 16.5. The van der Waals surface area contributed by atoms with Crippen LogP contribution in [0.2, 0.25) is 0 Å². The van der Waals surface area contributed by atoms with Crippen LogP contribution in [-0.2, 0) is 9.53 Å². The molecule has 4 N–H and O–H groups in total. The third-order valence-electron chi connectivity index (χ3n) is 5.03. The fraction of sp³-hybridized carbons (Fsp3) is 0.895. The number of nitrogens with two attached hydrogens (primary N) is 1. The lowest BCUT2D eigenvalue weighted by molar-refractivity contribution is -0.137. The molecule has 0 aromatic heterocycles. The molecule has 1 amide bonds. The summed E-state index contributed by atoms with van der Waals surface area (Å²) in [7, 11) is 0. The molecule has 0 spiro atoms. The predicted octanol–water partition coefficient (Wildman–Crippen LogP) is 3.68. The molecular formula is C19H36N2O4. The minimum Gasteiger partial charge on any atom is -0.481 e. The largest absolute Gasteiger partial charge is 0.481 e. The van der Waals surface area contributed by atoms with Crippen molar-refractivity contribution in [1.82, 2.24) is 5.32 Å². The Bertz CT molecular complexity index is 376. The van der Waals surface area contributed by atoms with E-state index in [4.69, 9.17) is 15.6 Å². The molecule has 1 aliphatic carbocycles. The molecule has 146 valence electrons. The van der Waals surface area contributed by atoms with Crippen LogP contribution in [0, 0.1) is 11.8 Å². The van der Waals surface area contributed by atoms with Gasteiger partial charge in [-0.3, -0.25) is 4.79 Å². The monoisotopic (exact) mass is 356 g/mol. The van der Waals surface area contributed by atoms with E-state index in [1.54, 1.807) is 0 Å². The molecule has 0 aromatic rings. The summed E-state index contributed by atoms with van der Waals surface area (Å²) in [5.74, 6) is 0.440. The zero-order valence-electron chi connectivity index (χ0n) is 15.5. The van der Waals surface area contributed by atoms with E-state index in [2.05, 4.69) is 5.32 Å². The SMILES string of the molecule is NCC1CCCC(CNC(=O)OCCCCCCCCCC(=O)O)C1. The first-order valence-corrected chi connectivity index (χ1v) is 9.94. The van der Waals surface area contributed by atoms with Gasteiger partial charge in [-0.25, -0.2) is 4.79 Å². The van der Waals surface area contributed by atoms with Gasteiger partial charge in [0.25, 0.3) is 0 Å². The maximum atomic E-state index is 11.7. The van der Waals surface area contributed by atoms with Gasteiger partial charge in [0, 0.05) is 13.0 Å². The Labute approximate surface area is 151 Å². The summed E-state index contributed by atoms with van der Waals surface area (Å²) in [5.41, 5.74) is 5.74. The lowest BCUT2D eigenvalue weighted by Crippen LogP contribution is -2.33. The third-order valence-corrected chi connectivity index (χ3v) is 5.03. The van der Waals surface area contributed by atoms with Gasteiger partial charge < -0.3 is 20.9 Å². The fourth-order valence-electron chi connectivity index (χ4n) is 3.51. The average Bonchev–Trinajstić information content (AvgIpc) is 2.61. The number of aliphatic carboxylic acids is 1. The van der Waals surface area contributed by atoms with E-state index in [1.165, 1.54) is 19.3 Å². The summed E-state index contributed by atoms with van der Waals surface area (Å²) in [6.07, 6.45) is 11.7. The van der Waals surface area contributed by atoms with Crippen LogP contribution in [0.1, 0.15) is 77.0 Å². The number of amides is 1. The summed E-state index contributed by atoms with van der Waals surface area (Å²) in [6.45, 7) is 1.92. The third kappa shape index (κ3) is 11.8. The Morgan fingerprint density at radius 1 is 1.00 bits per heavy atom. The van der Waals surface area contributed by atoms with E-state index >= 15 is 0 Å². The molecule has 0 aliphatic heterocycles. The van der Waals surface area contributed by atoms with Crippen molar-refractivity contribution < 1.29 is 19.4 Å². The van der Waals surface area contributed by atoms with Gasteiger partial charge in [0.1, 0.15) is 0 Å². The Morgan fingerprint density at radius 3 is 2.32 bits per heavy atom. The molecule has 0 bridgehead atoms. The van der Waals surface area contributed by atoms with Crippen LogP contribution >= 0.6 is 0 Å². The van der Waals surface area contributed by atoms with Crippen molar-refractivity contribution in [3.8, 4) is 0 Å². The van der Waals surface area contributed by atoms with Crippen LogP contribution in [0.5, 0.6) is 0 Å². The summed E-state index contributed by atoms with van der Waals surface area (Å²) >= 11 is 0. The van der Waals surface area contributed by atoms with Crippen LogP contribution < -0.4 is 11.1 Å². The fourth-order valence-corrected chi connectivity index (χ4v) is 3.51. The number of carbonyl (C=O) groups is 2. The Hall–Kier alpha value is -1.30. The van der Waals surface area contributed by atoms with E-state index in [0.717, 1.165) is 57.9 Å². The van der Waals surface area contributed by atoms with E-state index in [-0.39, 0.29) is 12.5 Å². The highest BCUT2D eigenvalue weighted by Crippen LogP contribution is 2.27. The van der Waals surface area contributed by atoms with Crippen molar-refractivity contribution in [2.24, 2.45) is 17.6 Å². The second kappa shape index (κ2) is 13.9. The molecule has 0 aromatic carbocycles. The molecule has 0 heterocycles. The summed E-state index contributed by atoms with van der Waals surface area (Å²) in [6, 6.07) is 0. The van der Waals surface area contributed by atoms with Gasteiger partial charge in [0.05, 0.1) is 6.61 Å². The van der Waals surface area contributed by atoms with Crippen molar-refractivity contribution in [3.05, 3.63) is 0 Å². The maximum Gasteiger partial charge on any atom is 0.407 e. The number of hydrogen-bond acceptors (Lipinski definition) is 4. The molecular weight excluding hydrogens is 320 g/mol. The number of carboxylic acids is 1. The van der Waals surface area contributed by atoms with Crippen molar-refractivity contribution in [2.45, 2.75) is 77.0 Å². The number of ether oxygens (including phenoxy) is 1.